The van der Waals surface area contributed by atoms with E-state index in [4.69, 9.17) is 5.41 Å². The maximum Gasteiger partial charge on any atom is 0.0664 e. The van der Waals surface area contributed by atoms with Crippen molar-refractivity contribution in [3.8, 4) is 0 Å². The summed E-state index contributed by atoms with van der Waals surface area (Å²) in [7, 11) is 0. The van der Waals surface area contributed by atoms with E-state index in [2.05, 4.69) is 30.1 Å². The van der Waals surface area contributed by atoms with E-state index in [1.165, 1.54) is 11.8 Å². The molecule has 1 aromatic carbocycles. The van der Waals surface area contributed by atoms with Crippen LogP contribution in [-0.2, 0) is 0 Å². The molecule has 0 atom stereocenters. The number of benzene rings is 1. The van der Waals surface area contributed by atoms with Crippen molar-refractivity contribution in [2.45, 2.75) is 27.7 Å². The average molecular weight is 214 g/mol. The highest BCUT2D eigenvalue weighted by molar-refractivity contribution is 6.15. The lowest BCUT2D eigenvalue weighted by Crippen LogP contribution is -1.97. The molecule has 0 unspecified atom stereocenters. The van der Waals surface area contributed by atoms with Crippen LogP contribution in [0.25, 0.3) is 0 Å². The van der Waals surface area contributed by atoms with Crippen molar-refractivity contribution in [2.75, 3.05) is 0 Å². The van der Waals surface area contributed by atoms with Gasteiger partial charge in [0.25, 0.3) is 0 Å². The molecule has 1 N–H and O–H groups in total. The Morgan fingerprint density at radius 1 is 1.31 bits per heavy atom. The van der Waals surface area contributed by atoms with Crippen molar-refractivity contribution in [1.29, 1.82) is 5.41 Å². The van der Waals surface area contributed by atoms with Gasteiger partial charge in [-0.25, -0.2) is 0 Å². The summed E-state index contributed by atoms with van der Waals surface area (Å²) < 4.78 is 0. The second-order valence-electron chi connectivity index (χ2n) is 3.88. The summed E-state index contributed by atoms with van der Waals surface area (Å²) in [5, 5.41) is 7.28. The molecule has 16 heavy (non-hydrogen) atoms. The van der Waals surface area contributed by atoms with Crippen molar-refractivity contribution in [3.63, 3.8) is 0 Å². The van der Waals surface area contributed by atoms with Crippen LogP contribution < -0.4 is 0 Å². The SMILES string of the molecule is C/C=C(\C=N)C(C)=Nc1cc(C)ccc1C. The van der Waals surface area contributed by atoms with Gasteiger partial charge in [-0.15, -0.1) is 0 Å². The van der Waals surface area contributed by atoms with E-state index in [1.807, 2.05) is 26.8 Å². The van der Waals surface area contributed by atoms with Crippen LogP contribution in [0.2, 0.25) is 0 Å². The maximum absolute atomic E-state index is 7.28. The highest BCUT2D eigenvalue weighted by Gasteiger charge is 2.00. The summed E-state index contributed by atoms with van der Waals surface area (Å²) in [4.78, 5) is 4.56. The van der Waals surface area contributed by atoms with Crippen LogP contribution in [0.3, 0.4) is 0 Å². The monoisotopic (exact) mass is 214 g/mol. The van der Waals surface area contributed by atoms with Crippen LogP contribution in [0.5, 0.6) is 0 Å². The number of aliphatic imine (C=N–C) groups is 1. The topological polar surface area (TPSA) is 36.2 Å². The number of hydrogen-bond acceptors (Lipinski definition) is 2. The summed E-state index contributed by atoms with van der Waals surface area (Å²) in [6.45, 7) is 7.96. The predicted octanol–water partition coefficient (Wildman–Crippen LogP) is 3.99. The number of rotatable bonds is 3. The third-order valence-electron chi connectivity index (χ3n) is 2.54. The molecule has 1 rings (SSSR count). The molecule has 1 aromatic rings. The smallest absolute Gasteiger partial charge is 0.0664 e. The summed E-state index contributed by atoms with van der Waals surface area (Å²) in [6.07, 6.45) is 3.24. The van der Waals surface area contributed by atoms with Crippen molar-refractivity contribution >= 4 is 17.6 Å². The van der Waals surface area contributed by atoms with Crippen molar-refractivity contribution in [3.05, 3.63) is 41.0 Å². The molecule has 0 saturated carbocycles. The van der Waals surface area contributed by atoms with E-state index < -0.39 is 0 Å². The Morgan fingerprint density at radius 3 is 2.56 bits per heavy atom. The van der Waals surface area contributed by atoms with E-state index in [1.54, 1.807) is 0 Å². The number of hydrogen-bond donors (Lipinski definition) is 1. The van der Waals surface area contributed by atoms with Crippen LogP contribution in [0, 0.1) is 19.3 Å². The summed E-state index contributed by atoms with van der Waals surface area (Å²) in [6, 6.07) is 6.22. The third kappa shape index (κ3) is 2.89. The summed E-state index contributed by atoms with van der Waals surface area (Å²) in [5.74, 6) is 0. The quantitative estimate of drug-likeness (QED) is 0.738. The van der Waals surface area contributed by atoms with Crippen molar-refractivity contribution < 1.29 is 0 Å². The molecule has 0 aliphatic carbocycles. The third-order valence-corrected chi connectivity index (χ3v) is 2.54. The fourth-order valence-corrected chi connectivity index (χ4v) is 1.48. The Kier molecular flexibility index (Phi) is 4.18. The minimum atomic E-state index is 0.862. The lowest BCUT2D eigenvalue weighted by Gasteiger charge is -2.04. The van der Waals surface area contributed by atoms with Gasteiger partial charge in [-0.1, -0.05) is 18.2 Å². The van der Waals surface area contributed by atoms with Gasteiger partial charge in [-0.05, 0) is 44.9 Å². The lowest BCUT2D eigenvalue weighted by molar-refractivity contribution is 1.34. The van der Waals surface area contributed by atoms with Crippen LogP contribution >= 0.6 is 0 Å². The second kappa shape index (κ2) is 5.40. The molecule has 0 bridgehead atoms. The van der Waals surface area contributed by atoms with Gasteiger partial charge >= 0.3 is 0 Å². The molecular formula is C14H18N2. The molecule has 0 spiro atoms. The van der Waals surface area contributed by atoms with E-state index in [0.717, 1.165) is 22.5 Å². The van der Waals surface area contributed by atoms with E-state index in [0.29, 0.717) is 0 Å². The predicted molar refractivity (Wildman–Crippen MR) is 71.2 cm³/mol. The molecule has 0 amide bonds. The Labute approximate surface area is 97.2 Å². The molecule has 0 aliphatic heterocycles. The zero-order valence-corrected chi connectivity index (χ0v) is 10.3. The number of allylic oxidation sites excluding steroid dienone is 2. The second-order valence-corrected chi connectivity index (χ2v) is 3.88. The Balaban J connectivity index is 3.16. The molecule has 2 nitrogen and oxygen atoms in total. The summed E-state index contributed by atoms with van der Waals surface area (Å²) in [5.41, 5.74) is 5.09. The number of aryl methyl sites for hydroxylation is 2. The summed E-state index contributed by atoms with van der Waals surface area (Å²) >= 11 is 0. The highest BCUT2D eigenvalue weighted by atomic mass is 14.7. The Bertz CT molecular complexity index is 454. The van der Waals surface area contributed by atoms with Gasteiger partial charge in [0.15, 0.2) is 0 Å². The molecule has 2 heteroatoms. The van der Waals surface area contributed by atoms with Gasteiger partial charge in [0, 0.05) is 17.5 Å². The molecule has 0 radical (unpaired) electrons. The Hall–Kier alpha value is -1.70. The van der Waals surface area contributed by atoms with Crippen LogP contribution in [0.15, 0.2) is 34.8 Å². The van der Waals surface area contributed by atoms with Gasteiger partial charge in [0.05, 0.1) is 5.69 Å². The van der Waals surface area contributed by atoms with Crippen molar-refractivity contribution in [1.82, 2.24) is 0 Å². The molecule has 0 aromatic heterocycles. The van der Waals surface area contributed by atoms with Crippen LogP contribution in [-0.4, -0.2) is 11.9 Å². The first-order valence-electron chi connectivity index (χ1n) is 5.38. The van der Waals surface area contributed by atoms with Gasteiger partial charge in [0.1, 0.15) is 0 Å². The average Bonchev–Trinajstić information content (AvgIpc) is 2.25. The van der Waals surface area contributed by atoms with Crippen molar-refractivity contribution in [2.24, 2.45) is 4.99 Å². The van der Waals surface area contributed by atoms with Gasteiger partial charge in [-0.3, -0.25) is 4.99 Å². The number of nitrogens with zero attached hydrogens (tertiary/aromatic N) is 1. The molecule has 0 heterocycles. The minimum absolute atomic E-state index is 0.862. The maximum atomic E-state index is 7.28. The number of nitrogens with one attached hydrogen (secondary N) is 1. The molecular weight excluding hydrogens is 196 g/mol. The largest absolute Gasteiger partial charge is 0.308 e. The van der Waals surface area contributed by atoms with Crippen LogP contribution in [0.1, 0.15) is 25.0 Å². The molecule has 84 valence electrons. The fraction of sp³-hybridized carbons (Fsp3) is 0.286. The molecule has 0 saturated heterocycles. The zero-order valence-electron chi connectivity index (χ0n) is 10.3. The first-order chi connectivity index (χ1) is 7.58. The normalized spacial score (nSPS) is 12.8. The first-order valence-corrected chi connectivity index (χ1v) is 5.38. The van der Waals surface area contributed by atoms with Gasteiger partial charge < -0.3 is 5.41 Å². The van der Waals surface area contributed by atoms with Gasteiger partial charge in [0.2, 0.25) is 0 Å². The minimum Gasteiger partial charge on any atom is -0.308 e. The molecule has 0 aliphatic rings. The standard InChI is InChI=1S/C14H18N2/c1-5-13(9-15)12(4)16-14-8-10(2)6-7-11(14)3/h5-9,15H,1-4H3/b13-5+,15-9?,16-12?. The van der Waals surface area contributed by atoms with E-state index in [-0.39, 0.29) is 0 Å². The first kappa shape index (κ1) is 12.4. The van der Waals surface area contributed by atoms with Gasteiger partial charge in [-0.2, -0.15) is 0 Å². The fourth-order valence-electron chi connectivity index (χ4n) is 1.48. The van der Waals surface area contributed by atoms with Crippen LogP contribution in [0.4, 0.5) is 5.69 Å². The van der Waals surface area contributed by atoms with E-state index in [9.17, 15) is 0 Å². The Morgan fingerprint density at radius 2 is 2.00 bits per heavy atom. The highest BCUT2D eigenvalue weighted by Crippen LogP contribution is 2.20. The zero-order chi connectivity index (χ0) is 12.1. The van der Waals surface area contributed by atoms with E-state index >= 15 is 0 Å². The molecule has 0 fully saturated rings. The lowest BCUT2D eigenvalue weighted by atomic mass is 10.1.